The number of carbonyl (C=O) groups is 6. The van der Waals surface area contributed by atoms with E-state index in [9.17, 15) is 33.9 Å². The van der Waals surface area contributed by atoms with Gasteiger partial charge in [0.05, 0.1) is 36.7 Å². The van der Waals surface area contributed by atoms with E-state index in [0.29, 0.717) is 11.4 Å². The molecule has 1 amide bonds. The molecule has 16 heteroatoms. The molecule has 0 saturated carbocycles. The fourth-order valence-electron chi connectivity index (χ4n) is 4.48. The van der Waals surface area contributed by atoms with Crippen LogP contribution in [0.4, 0.5) is 17.1 Å². The molecular weight excluding hydrogens is 694 g/mol. The normalized spacial score (nSPS) is 11.8. The summed E-state index contributed by atoms with van der Waals surface area (Å²) < 4.78 is 31.0. The van der Waals surface area contributed by atoms with E-state index in [4.69, 9.17) is 28.4 Å². The fourth-order valence-corrected chi connectivity index (χ4v) is 4.48. The van der Waals surface area contributed by atoms with E-state index < -0.39 is 48.0 Å². The molecule has 0 aromatic heterocycles. The molecule has 0 bridgehead atoms. The van der Waals surface area contributed by atoms with Crippen molar-refractivity contribution < 1.29 is 62.3 Å². The Balaban J connectivity index is 1.63. The van der Waals surface area contributed by atoms with Crippen molar-refractivity contribution >= 4 is 52.8 Å². The average molecular weight is 728 g/mol. The lowest BCUT2D eigenvalue weighted by Gasteiger charge is -2.24. The first-order chi connectivity index (χ1) is 25.3. The van der Waals surface area contributed by atoms with E-state index in [2.05, 4.69) is 15.5 Å². The van der Waals surface area contributed by atoms with E-state index in [-0.39, 0.29) is 39.8 Å². The lowest BCUT2D eigenvalue weighted by atomic mass is 10.1. The minimum atomic E-state index is -2.39. The van der Waals surface area contributed by atoms with Crippen LogP contribution in [0.3, 0.4) is 0 Å². The van der Waals surface area contributed by atoms with Gasteiger partial charge < -0.3 is 38.8 Å². The maximum atomic E-state index is 13.7. The van der Waals surface area contributed by atoms with Crippen LogP contribution in [0.2, 0.25) is 0 Å². The zero-order chi connectivity index (χ0) is 38.7. The summed E-state index contributed by atoms with van der Waals surface area (Å²) >= 11 is 0. The molecule has 2 atom stereocenters. The molecule has 0 aliphatic carbocycles. The molecular formula is C37H33N3O13. The number of ether oxygens (including phenoxy) is 6. The van der Waals surface area contributed by atoms with Crippen LogP contribution in [0.25, 0.3) is 0 Å². The summed E-state index contributed by atoms with van der Waals surface area (Å²) in [5.74, 6) is -7.01. The van der Waals surface area contributed by atoms with Crippen LogP contribution in [0.5, 0.6) is 23.0 Å². The highest BCUT2D eigenvalue weighted by atomic mass is 16.6. The van der Waals surface area contributed by atoms with Gasteiger partial charge in [-0.15, -0.1) is 0 Å². The molecule has 274 valence electrons. The van der Waals surface area contributed by atoms with Gasteiger partial charge in [-0.2, -0.15) is 10.2 Å². The van der Waals surface area contributed by atoms with Gasteiger partial charge in [-0.1, -0.05) is 17.7 Å². The first kappa shape index (κ1) is 38.7. The molecule has 53 heavy (non-hydrogen) atoms. The number of carboxylic acid groups (broad SMARTS) is 1. The van der Waals surface area contributed by atoms with Crippen LogP contribution < -0.4 is 24.3 Å². The lowest BCUT2D eigenvalue weighted by molar-refractivity contribution is -0.157. The Bertz CT molecular complexity index is 2040. The number of esters is 4. The molecule has 16 nitrogen and oxygen atoms in total. The summed E-state index contributed by atoms with van der Waals surface area (Å²) in [6, 6.07) is 20.3. The zero-order valence-corrected chi connectivity index (χ0v) is 29.0. The van der Waals surface area contributed by atoms with Gasteiger partial charge in [0.15, 0.2) is 23.0 Å². The van der Waals surface area contributed by atoms with Crippen molar-refractivity contribution in [3.63, 3.8) is 0 Å². The minimum absolute atomic E-state index is 0.0276. The maximum absolute atomic E-state index is 13.7. The van der Waals surface area contributed by atoms with E-state index >= 15 is 0 Å². The van der Waals surface area contributed by atoms with Gasteiger partial charge in [0, 0.05) is 19.5 Å². The number of amides is 1. The van der Waals surface area contributed by atoms with Gasteiger partial charge in [0.25, 0.3) is 5.91 Å². The highest BCUT2D eigenvalue weighted by Gasteiger charge is 2.41. The molecule has 0 unspecified atom stereocenters. The monoisotopic (exact) mass is 727 g/mol. The van der Waals surface area contributed by atoms with Crippen LogP contribution in [0.15, 0.2) is 95.2 Å². The van der Waals surface area contributed by atoms with Gasteiger partial charge in [-0.05, 0) is 79.7 Å². The standard InChI is InChI=1S/C37H33N3O13/c1-20-6-10-26(11-7-20)39-40-27-14-12-25(13-15-27)38-34(43)32(52-36(46)23-8-16-28(50-21(2)41)30(18-23)48-4)33(35(44)45)53-37(47)24-9-17-29(51-22(3)42)31(19-24)49-5/h6-19,32-33H,1-5H3,(H,38,43)(H,44,45)/t32-,33+/m1/s1. The highest BCUT2D eigenvalue weighted by Crippen LogP contribution is 2.31. The van der Waals surface area contributed by atoms with E-state index in [0.717, 1.165) is 37.6 Å². The van der Waals surface area contributed by atoms with Gasteiger partial charge in [-0.3, -0.25) is 14.4 Å². The number of nitrogens with one attached hydrogen (secondary N) is 1. The zero-order valence-electron chi connectivity index (χ0n) is 29.0. The molecule has 0 fully saturated rings. The summed E-state index contributed by atoms with van der Waals surface area (Å²) in [5, 5.41) is 20.9. The van der Waals surface area contributed by atoms with Crippen molar-refractivity contribution in [2.75, 3.05) is 19.5 Å². The van der Waals surface area contributed by atoms with Crippen molar-refractivity contribution in [2.45, 2.75) is 33.0 Å². The quantitative estimate of drug-likeness (QED) is 0.0900. The van der Waals surface area contributed by atoms with Crippen LogP contribution in [0.1, 0.15) is 40.1 Å². The average Bonchev–Trinajstić information content (AvgIpc) is 3.12. The Morgan fingerprint density at radius 2 is 1.04 bits per heavy atom. The van der Waals surface area contributed by atoms with E-state index in [1.54, 1.807) is 12.1 Å². The number of methoxy groups -OCH3 is 2. The summed E-state index contributed by atoms with van der Waals surface area (Å²) in [7, 11) is 2.49. The van der Waals surface area contributed by atoms with E-state index in [1.807, 2.05) is 19.1 Å². The van der Waals surface area contributed by atoms with Crippen molar-refractivity contribution in [2.24, 2.45) is 10.2 Å². The number of hydrogen-bond donors (Lipinski definition) is 2. The molecule has 0 saturated heterocycles. The second-order valence-corrected chi connectivity index (χ2v) is 11.0. The van der Waals surface area contributed by atoms with Crippen molar-refractivity contribution in [1.29, 1.82) is 0 Å². The number of hydrogen-bond acceptors (Lipinski definition) is 14. The second kappa shape index (κ2) is 17.7. The Kier molecular flexibility index (Phi) is 12.9. The third-order valence-corrected chi connectivity index (χ3v) is 7.00. The summed E-state index contributed by atoms with van der Waals surface area (Å²) in [4.78, 5) is 75.7. The Labute approximate surface area is 302 Å². The van der Waals surface area contributed by atoms with Crippen LogP contribution in [0, 0.1) is 6.92 Å². The Morgan fingerprint density at radius 3 is 1.45 bits per heavy atom. The number of benzene rings is 4. The van der Waals surface area contributed by atoms with Crippen molar-refractivity contribution in [3.8, 4) is 23.0 Å². The van der Waals surface area contributed by atoms with Crippen molar-refractivity contribution in [1.82, 2.24) is 0 Å². The van der Waals surface area contributed by atoms with Gasteiger partial charge >= 0.3 is 29.8 Å². The molecule has 0 aliphatic heterocycles. The topological polar surface area (TPSA) is 215 Å². The van der Waals surface area contributed by atoms with Gasteiger partial charge in [-0.25, -0.2) is 14.4 Å². The number of azo groups is 1. The molecule has 4 aromatic rings. The fraction of sp³-hybridized carbons (Fsp3) is 0.189. The first-order valence-electron chi connectivity index (χ1n) is 15.5. The SMILES string of the molecule is COc1cc(C(=O)O[C@H](C(=O)O)[C@@H](OC(=O)c2ccc(OC(C)=O)c(OC)c2)C(=O)Nc2ccc(N=Nc3ccc(C)cc3)cc2)ccc1OC(C)=O. The largest absolute Gasteiger partial charge is 0.493 e. The molecule has 0 aliphatic rings. The Morgan fingerprint density at radius 1 is 0.604 bits per heavy atom. The van der Waals surface area contributed by atoms with Gasteiger partial charge in [0.1, 0.15) is 0 Å². The third-order valence-electron chi connectivity index (χ3n) is 7.00. The number of nitrogens with zero attached hydrogens (tertiary/aromatic N) is 2. The maximum Gasteiger partial charge on any atom is 0.349 e. The van der Waals surface area contributed by atoms with Crippen LogP contribution in [-0.2, 0) is 28.7 Å². The van der Waals surface area contributed by atoms with E-state index in [1.165, 1.54) is 56.7 Å². The minimum Gasteiger partial charge on any atom is -0.493 e. The number of anilines is 1. The molecule has 0 radical (unpaired) electrons. The smallest absolute Gasteiger partial charge is 0.349 e. The van der Waals surface area contributed by atoms with Crippen LogP contribution >= 0.6 is 0 Å². The molecule has 4 aromatic carbocycles. The molecule has 0 heterocycles. The number of rotatable bonds is 14. The van der Waals surface area contributed by atoms with Crippen LogP contribution in [-0.4, -0.2) is 67.3 Å². The molecule has 4 rings (SSSR count). The van der Waals surface area contributed by atoms with Crippen molar-refractivity contribution in [3.05, 3.63) is 102 Å². The molecule has 0 spiro atoms. The first-order valence-corrected chi connectivity index (χ1v) is 15.5. The predicted molar refractivity (Wildman–Crippen MR) is 185 cm³/mol. The predicted octanol–water partition coefficient (Wildman–Crippen LogP) is 5.75. The van der Waals surface area contributed by atoms with Gasteiger partial charge in [0.2, 0.25) is 12.2 Å². The number of carbonyl (C=O) groups excluding carboxylic acids is 5. The Hall–Kier alpha value is -7.10. The number of aryl methyl sites for hydroxylation is 1. The lowest BCUT2D eigenvalue weighted by Crippen LogP contribution is -2.48. The summed E-state index contributed by atoms with van der Waals surface area (Å²) in [6.07, 6.45) is -4.67. The summed E-state index contributed by atoms with van der Waals surface area (Å²) in [5.41, 5.74) is 1.74. The third kappa shape index (κ3) is 10.7. The molecule has 2 N–H and O–H groups in total. The summed E-state index contributed by atoms with van der Waals surface area (Å²) in [6.45, 7) is 4.25. The highest BCUT2D eigenvalue weighted by molar-refractivity contribution is 6.02. The number of carboxylic acids is 1. The second-order valence-electron chi connectivity index (χ2n) is 11.0. The number of aliphatic carboxylic acids is 1.